The maximum Gasteiger partial charge on any atom is 0.279 e. The van der Waals surface area contributed by atoms with Crippen LogP contribution in [0.3, 0.4) is 0 Å². The van der Waals surface area contributed by atoms with Crippen molar-refractivity contribution in [2.75, 3.05) is 27.2 Å². The van der Waals surface area contributed by atoms with E-state index < -0.39 is 0 Å². The van der Waals surface area contributed by atoms with Gasteiger partial charge in [-0.2, -0.15) is 0 Å². The number of hydrogen-bond donors (Lipinski definition) is 3. The number of nitrogens with one attached hydrogen (secondary N) is 3. The monoisotopic (exact) mass is 326 g/mol. The topological polar surface area (TPSA) is 56.4 Å². The molecular weight excluding hydrogens is 304 g/mol. The van der Waals surface area contributed by atoms with E-state index in [0.717, 1.165) is 37.2 Å². The van der Waals surface area contributed by atoms with Crippen LogP contribution in [0.4, 0.5) is 0 Å². The Bertz CT molecular complexity index is 492. The molecule has 7 heteroatoms. The third-order valence-electron chi connectivity index (χ3n) is 3.33. The second-order valence-electron chi connectivity index (χ2n) is 5.40. The van der Waals surface area contributed by atoms with Crippen LogP contribution in [-0.4, -0.2) is 43.1 Å². The van der Waals surface area contributed by atoms with Gasteiger partial charge in [-0.05, 0) is 70.2 Å². The zero-order chi connectivity index (χ0) is 15.2. The number of thiophene rings is 1. The second-order valence-corrected chi connectivity index (χ2v) is 6.95. The van der Waals surface area contributed by atoms with Crippen molar-refractivity contribution in [1.29, 1.82) is 0 Å². The molecule has 21 heavy (non-hydrogen) atoms. The highest BCUT2D eigenvalue weighted by molar-refractivity contribution is 7.80. The molecule has 1 amide bonds. The lowest BCUT2D eigenvalue weighted by atomic mass is 10.2. The minimum Gasteiger partial charge on any atom is -0.361 e. The summed E-state index contributed by atoms with van der Waals surface area (Å²) in [7, 11) is 4.07. The molecule has 0 saturated heterocycles. The lowest BCUT2D eigenvalue weighted by Crippen LogP contribution is -2.47. The van der Waals surface area contributed by atoms with Gasteiger partial charge in [0, 0.05) is 11.4 Å². The maximum absolute atomic E-state index is 12.0. The molecule has 1 heterocycles. The first-order chi connectivity index (χ1) is 10.1. The van der Waals surface area contributed by atoms with Crippen LogP contribution >= 0.6 is 23.6 Å². The summed E-state index contributed by atoms with van der Waals surface area (Å²) in [6, 6.07) is 2.00. The van der Waals surface area contributed by atoms with Gasteiger partial charge >= 0.3 is 0 Å². The molecule has 0 bridgehead atoms. The Kier molecular flexibility index (Phi) is 5.96. The van der Waals surface area contributed by atoms with Gasteiger partial charge in [0.2, 0.25) is 0 Å². The van der Waals surface area contributed by atoms with Crippen molar-refractivity contribution >= 4 is 34.6 Å². The molecule has 0 fully saturated rings. The van der Waals surface area contributed by atoms with Gasteiger partial charge in [-0.25, -0.2) is 0 Å². The highest BCUT2D eigenvalue weighted by atomic mass is 32.1. The van der Waals surface area contributed by atoms with E-state index in [4.69, 9.17) is 12.2 Å². The zero-order valence-electron chi connectivity index (χ0n) is 12.5. The summed E-state index contributed by atoms with van der Waals surface area (Å²) in [5.41, 5.74) is 6.72. The molecule has 1 aromatic heterocycles. The molecule has 0 aromatic carbocycles. The largest absolute Gasteiger partial charge is 0.361 e. The van der Waals surface area contributed by atoms with Crippen LogP contribution in [0.2, 0.25) is 0 Å². The fraction of sp³-hybridized carbons (Fsp3) is 0.571. The molecule has 0 saturated carbocycles. The molecule has 1 aromatic rings. The van der Waals surface area contributed by atoms with E-state index in [-0.39, 0.29) is 5.91 Å². The van der Waals surface area contributed by atoms with Crippen molar-refractivity contribution in [1.82, 2.24) is 21.1 Å². The van der Waals surface area contributed by atoms with E-state index in [9.17, 15) is 4.79 Å². The first-order valence-corrected chi connectivity index (χ1v) is 8.39. The highest BCUT2D eigenvalue weighted by Gasteiger charge is 2.18. The van der Waals surface area contributed by atoms with Crippen molar-refractivity contribution in [3.05, 3.63) is 21.4 Å². The van der Waals surface area contributed by atoms with Crippen molar-refractivity contribution in [2.45, 2.75) is 25.7 Å². The van der Waals surface area contributed by atoms with E-state index in [1.54, 1.807) is 11.3 Å². The summed E-state index contributed by atoms with van der Waals surface area (Å²) in [6.45, 7) is 1.79. The first-order valence-electron chi connectivity index (χ1n) is 7.17. The summed E-state index contributed by atoms with van der Waals surface area (Å²) in [4.78, 5) is 16.2. The van der Waals surface area contributed by atoms with E-state index in [1.807, 2.05) is 20.2 Å². The van der Waals surface area contributed by atoms with Gasteiger partial charge in [-0.3, -0.25) is 15.6 Å². The summed E-state index contributed by atoms with van der Waals surface area (Å²) < 4.78 is 0. The third kappa shape index (κ3) is 4.94. The first kappa shape index (κ1) is 16.2. The minimum absolute atomic E-state index is 0.119. The second kappa shape index (κ2) is 7.72. The van der Waals surface area contributed by atoms with Crippen molar-refractivity contribution in [3.63, 3.8) is 0 Å². The average molecular weight is 326 g/mol. The van der Waals surface area contributed by atoms with Crippen LogP contribution in [0.15, 0.2) is 6.07 Å². The van der Waals surface area contributed by atoms with Crippen LogP contribution in [-0.2, 0) is 12.8 Å². The lowest BCUT2D eigenvalue weighted by molar-refractivity contribution is 0.0947. The fourth-order valence-corrected chi connectivity index (χ4v) is 3.56. The number of hydrazine groups is 1. The number of rotatable bonds is 5. The van der Waals surface area contributed by atoms with Crippen LogP contribution in [0.5, 0.6) is 0 Å². The molecule has 1 aliphatic rings. The van der Waals surface area contributed by atoms with Gasteiger partial charge in [0.1, 0.15) is 0 Å². The van der Waals surface area contributed by atoms with E-state index in [1.165, 1.54) is 16.9 Å². The van der Waals surface area contributed by atoms with Gasteiger partial charge in [0.05, 0.1) is 4.88 Å². The molecule has 0 unspecified atom stereocenters. The Morgan fingerprint density at radius 2 is 2.19 bits per heavy atom. The fourth-order valence-electron chi connectivity index (χ4n) is 2.26. The normalized spacial score (nSPS) is 13.1. The molecule has 5 nitrogen and oxygen atoms in total. The number of carbonyl (C=O) groups is 1. The number of carbonyl (C=O) groups excluding carboxylic acids is 1. The predicted molar refractivity (Wildman–Crippen MR) is 90.7 cm³/mol. The number of amides is 1. The Labute approximate surface area is 135 Å². The van der Waals surface area contributed by atoms with E-state index in [0.29, 0.717) is 5.11 Å². The zero-order valence-corrected chi connectivity index (χ0v) is 14.1. The Hall–Kier alpha value is -1.18. The maximum atomic E-state index is 12.0. The third-order valence-corrected chi connectivity index (χ3v) is 4.81. The minimum atomic E-state index is -0.119. The van der Waals surface area contributed by atoms with Crippen LogP contribution in [0, 0.1) is 0 Å². The van der Waals surface area contributed by atoms with Crippen LogP contribution < -0.4 is 16.2 Å². The Balaban J connectivity index is 1.67. The predicted octanol–water partition coefficient (Wildman–Crippen LogP) is 1.30. The molecule has 116 valence electrons. The van der Waals surface area contributed by atoms with Gasteiger partial charge in [0.25, 0.3) is 5.91 Å². The summed E-state index contributed by atoms with van der Waals surface area (Å²) in [6.07, 6.45) is 4.41. The number of thiocarbonyl (C=S) groups is 1. The van der Waals surface area contributed by atoms with Crippen molar-refractivity contribution < 1.29 is 4.79 Å². The van der Waals surface area contributed by atoms with Gasteiger partial charge < -0.3 is 10.2 Å². The summed E-state index contributed by atoms with van der Waals surface area (Å²) in [5, 5.41) is 3.52. The molecule has 1 aliphatic carbocycles. The standard InChI is InChI=1S/C14H22N4OS2/c1-18(2)8-4-7-15-14(20)17-16-13(19)12-9-10-5-3-6-11(10)21-12/h9H,3-8H2,1-2H3,(H,16,19)(H2,15,17,20). The SMILES string of the molecule is CN(C)CCCNC(=S)NNC(=O)c1cc2c(s1)CCC2. The molecule has 0 atom stereocenters. The molecule has 3 N–H and O–H groups in total. The van der Waals surface area contributed by atoms with E-state index in [2.05, 4.69) is 21.1 Å². The molecule has 0 spiro atoms. The Morgan fingerprint density at radius 1 is 1.38 bits per heavy atom. The van der Waals surface area contributed by atoms with Crippen LogP contribution in [0.1, 0.15) is 33.0 Å². The smallest absolute Gasteiger partial charge is 0.279 e. The molecule has 2 rings (SSSR count). The number of nitrogens with zero attached hydrogens (tertiary/aromatic N) is 1. The highest BCUT2D eigenvalue weighted by Crippen LogP contribution is 2.30. The van der Waals surface area contributed by atoms with Gasteiger partial charge in [-0.1, -0.05) is 0 Å². The van der Waals surface area contributed by atoms with Crippen molar-refractivity contribution in [3.8, 4) is 0 Å². The number of aryl methyl sites for hydroxylation is 2. The van der Waals surface area contributed by atoms with Crippen LogP contribution in [0.25, 0.3) is 0 Å². The number of fused-ring (bicyclic) bond motifs is 1. The van der Waals surface area contributed by atoms with E-state index >= 15 is 0 Å². The van der Waals surface area contributed by atoms with Gasteiger partial charge in [-0.15, -0.1) is 11.3 Å². The van der Waals surface area contributed by atoms with Gasteiger partial charge in [0.15, 0.2) is 5.11 Å². The molecular formula is C14H22N4OS2. The molecule has 0 radical (unpaired) electrons. The average Bonchev–Trinajstić information content (AvgIpc) is 3.01. The van der Waals surface area contributed by atoms with Crippen molar-refractivity contribution in [2.24, 2.45) is 0 Å². The Morgan fingerprint density at radius 3 is 2.90 bits per heavy atom. The molecule has 0 aliphatic heterocycles. The summed E-state index contributed by atoms with van der Waals surface area (Å²) in [5.74, 6) is -0.119. The lowest BCUT2D eigenvalue weighted by Gasteiger charge is -2.12. The quantitative estimate of drug-likeness (QED) is 0.433. The summed E-state index contributed by atoms with van der Waals surface area (Å²) >= 11 is 6.70. The number of hydrogen-bond acceptors (Lipinski definition) is 4.